The van der Waals surface area contributed by atoms with Gasteiger partial charge in [0.25, 0.3) is 5.91 Å². The molecule has 1 fully saturated rings. The van der Waals surface area contributed by atoms with E-state index in [4.69, 9.17) is 5.73 Å². The zero-order chi connectivity index (χ0) is 22.7. The molecule has 1 aromatic carbocycles. The van der Waals surface area contributed by atoms with Gasteiger partial charge in [-0.05, 0) is 50.1 Å². The van der Waals surface area contributed by atoms with E-state index in [0.717, 1.165) is 18.7 Å². The molecule has 0 atom stereocenters. The van der Waals surface area contributed by atoms with Gasteiger partial charge in [-0.2, -0.15) is 0 Å². The number of aryl methyl sites for hydroxylation is 1. The van der Waals surface area contributed by atoms with E-state index in [2.05, 4.69) is 32.1 Å². The third-order valence-corrected chi connectivity index (χ3v) is 5.32. The number of nitrogens with one attached hydrogen (secondary N) is 1. The van der Waals surface area contributed by atoms with Gasteiger partial charge in [0.1, 0.15) is 11.6 Å². The normalized spacial score (nSPS) is 12.9. The topological polar surface area (TPSA) is 97.0 Å². The number of nitrogens with zero attached hydrogens (tertiary/aromatic N) is 4. The van der Waals surface area contributed by atoms with Crippen molar-refractivity contribution >= 4 is 17.7 Å². The Morgan fingerprint density at radius 3 is 2.59 bits per heavy atom. The van der Waals surface area contributed by atoms with Crippen molar-refractivity contribution in [1.82, 2.24) is 19.9 Å². The number of likely N-dealkylation sites (tertiary alicyclic amines) is 1. The Labute approximate surface area is 185 Å². The summed E-state index contributed by atoms with van der Waals surface area (Å²) in [7, 11) is 1.79. The van der Waals surface area contributed by atoms with Gasteiger partial charge in [0.05, 0.1) is 17.0 Å². The van der Waals surface area contributed by atoms with E-state index < -0.39 is 5.82 Å². The summed E-state index contributed by atoms with van der Waals surface area (Å²) < 4.78 is 15.1. The fourth-order valence-electron chi connectivity index (χ4n) is 3.63. The number of benzene rings is 1. The quantitative estimate of drug-likeness (QED) is 0.619. The van der Waals surface area contributed by atoms with Crippen LogP contribution in [0.4, 0.5) is 16.2 Å². The van der Waals surface area contributed by atoms with Crippen LogP contribution < -0.4 is 11.1 Å². The van der Waals surface area contributed by atoms with Crippen LogP contribution in [0.3, 0.4) is 0 Å². The molecule has 162 valence electrons. The molecule has 0 aliphatic carbocycles. The third kappa shape index (κ3) is 4.37. The predicted molar refractivity (Wildman–Crippen MR) is 121 cm³/mol. The van der Waals surface area contributed by atoms with Crippen LogP contribution in [-0.2, 0) is 0 Å². The molecule has 8 heteroatoms. The van der Waals surface area contributed by atoms with Crippen molar-refractivity contribution in [2.24, 2.45) is 0 Å². The van der Waals surface area contributed by atoms with E-state index in [1.54, 1.807) is 37.2 Å². The SMILES string of the molecule is CNc1ccc(C#Cc2c(C)nc(N)nc2-c2ccc(C(=O)N3CCCC3)cc2F)cn1. The van der Waals surface area contributed by atoms with Crippen molar-refractivity contribution in [2.75, 3.05) is 31.2 Å². The van der Waals surface area contributed by atoms with E-state index in [1.165, 1.54) is 6.07 Å². The number of rotatable bonds is 3. The Hall–Kier alpha value is -3.99. The number of nitrogens with two attached hydrogens (primary N) is 1. The lowest BCUT2D eigenvalue weighted by Gasteiger charge is -2.16. The molecular formula is C24H23FN6O. The van der Waals surface area contributed by atoms with Crippen LogP contribution >= 0.6 is 0 Å². The van der Waals surface area contributed by atoms with Crippen molar-refractivity contribution in [1.29, 1.82) is 0 Å². The molecule has 0 radical (unpaired) electrons. The molecule has 1 saturated heterocycles. The lowest BCUT2D eigenvalue weighted by Crippen LogP contribution is -2.27. The van der Waals surface area contributed by atoms with Crippen LogP contribution in [0.15, 0.2) is 36.5 Å². The minimum absolute atomic E-state index is 0.0275. The van der Waals surface area contributed by atoms with Gasteiger partial charge in [-0.1, -0.05) is 11.8 Å². The number of halogens is 1. The number of pyridine rings is 1. The number of hydrogen-bond donors (Lipinski definition) is 2. The van der Waals surface area contributed by atoms with Gasteiger partial charge in [-0.25, -0.2) is 19.3 Å². The second-order valence-electron chi connectivity index (χ2n) is 7.52. The summed E-state index contributed by atoms with van der Waals surface area (Å²) in [6, 6.07) is 8.06. The summed E-state index contributed by atoms with van der Waals surface area (Å²) in [6.45, 7) is 3.15. The first kappa shape index (κ1) is 21.2. The Morgan fingerprint density at radius 2 is 1.94 bits per heavy atom. The lowest BCUT2D eigenvalue weighted by molar-refractivity contribution is 0.0792. The van der Waals surface area contributed by atoms with Gasteiger partial charge in [-0.15, -0.1) is 0 Å². The second-order valence-corrected chi connectivity index (χ2v) is 7.52. The zero-order valence-electron chi connectivity index (χ0n) is 17.9. The van der Waals surface area contributed by atoms with Gasteiger partial charge in [-0.3, -0.25) is 4.79 Å². The maximum atomic E-state index is 15.1. The van der Waals surface area contributed by atoms with E-state index >= 15 is 4.39 Å². The molecule has 3 heterocycles. The molecular weight excluding hydrogens is 407 g/mol. The fraction of sp³-hybridized carbons (Fsp3) is 0.250. The number of hydrogen-bond acceptors (Lipinski definition) is 6. The van der Waals surface area contributed by atoms with Crippen molar-refractivity contribution < 1.29 is 9.18 Å². The number of carbonyl (C=O) groups excluding carboxylic acids is 1. The maximum absolute atomic E-state index is 15.1. The summed E-state index contributed by atoms with van der Waals surface area (Å²) >= 11 is 0. The molecule has 3 N–H and O–H groups in total. The first-order valence-corrected chi connectivity index (χ1v) is 10.4. The smallest absolute Gasteiger partial charge is 0.253 e. The van der Waals surface area contributed by atoms with Gasteiger partial charge in [0.15, 0.2) is 0 Å². The summed E-state index contributed by atoms with van der Waals surface area (Å²) in [5.74, 6) is 6.10. The molecule has 4 rings (SSSR count). The Morgan fingerprint density at radius 1 is 1.16 bits per heavy atom. The third-order valence-electron chi connectivity index (χ3n) is 5.32. The highest BCUT2D eigenvalue weighted by atomic mass is 19.1. The minimum atomic E-state index is -0.560. The lowest BCUT2D eigenvalue weighted by atomic mass is 10.0. The van der Waals surface area contributed by atoms with Crippen molar-refractivity contribution in [2.45, 2.75) is 19.8 Å². The molecule has 1 aliphatic heterocycles. The number of amides is 1. The van der Waals surface area contributed by atoms with E-state index in [1.807, 2.05) is 12.1 Å². The molecule has 2 aromatic heterocycles. The Bertz CT molecular complexity index is 1220. The average molecular weight is 430 g/mol. The minimum Gasteiger partial charge on any atom is -0.373 e. The predicted octanol–water partition coefficient (Wildman–Crippen LogP) is 3.25. The standard InChI is InChI=1S/C24H23FN6O/c1-15-18(8-5-16-6-10-21(27-2)28-14-16)22(30-24(26)29-15)19-9-7-17(13-20(19)25)23(32)31-11-3-4-12-31/h6-7,9-10,13-14H,3-4,11-12H2,1-2H3,(H,27,28)(H2,26,29,30). The first-order chi connectivity index (χ1) is 15.5. The van der Waals surface area contributed by atoms with E-state index in [0.29, 0.717) is 41.2 Å². The maximum Gasteiger partial charge on any atom is 0.253 e. The molecule has 0 spiro atoms. The second kappa shape index (κ2) is 9.02. The first-order valence-electron chi connectivity index (χ1n) is 10.4. The van der Waals surface area contributed by atoms with Gasteiger partial charge >= 0.3 is 0 Å². The van der Waals surface area contributed by atoms with Crippen molar-refractivity contribution in [3.63, 3.8) is 0 Å². The molecule has 1 aliphatic rings. The van der Waals surface area contributed by atoms with E-state index in [-0.39, 0.29) is 17.4 Å². The molecule has 1 amide bonds. The molecule has 0 bridgehead atoms. The van der Waals surface area contributed by atoms with Crippen LogP contribution in [0, 0.1) is 24.6 Å². The monoisotopic (exact) mass is 430 g/mol. The highest BCUT2D eigenvalue weighted by molar-refractivity contribution is 5.95. The van der Waals surface area contributed by atoms with Crippen LogP contribution in [0.1, 0.15) is 40.0 Å². The summed E-state index contributed by atoms with van der Waals surface area (Å²) in [4.78, 5) is 27.0. The van der Waals surface area contributed by atoms with Crippen molar-refractivity contribution in [3.05, 3.63) is 64.7 Å². The van der Waals surface area contributed by atoms with Crippen LogP contribution in [0.2, 0.25) is 0 Å². The van der Waals surface area contributed by atoms with Crippen LogP contribution in [-0.4, -0.2) is 45.9 Å². The van der Waals surface area contributed by atoms with Crippen LogP contribution in [0.25, 0.3) is 11.3 Å². The number of aromatic nitrogens is 3. The average Bonchev–Trinajstić information content (AvgIpc) is 3.33. The number of carbonyl (C=O) groups is 1. The van der Waals surface area contributed by atoms with E-state index in [9.17, 15) is 4.79 Å². The van der Waals surface area contributed by atoms with Gasteiger partial charge < -0.3 is 16.0 Å². The molecule has 3 aromatic rings. The van der Waals surface area contributed by atoms with Crippen LogP contribution in [0.5, 0.6) is 0 Å². The molecule has 0 saturated carbocycles. The number of nitrogen functional groups attached to an aromatic ring is 1. The highest BCUT2D eigenvalue weighted by Gasteiger charge is 2.22. The summed E-state index contributed by atoms with van der Waals surface area (Å²) in [5, 5.41) is 2.95. The Balaban J connectivity index is 1.72. The summed E-state index contributed by atoms with van der Waals surface area (Å²) in [6.07, 6.45) is 3.59. The fourth-order valence-corrected chi connectivity index (χ4v) is 3.63. The number of anilines is 2. The van der Waals surface area contributed by atoms with Gasteiger partial charge in [0.2, 0.25) is 5.95 Å². The zero-order valence-corrected chi connectivity index (χ0v) is 17.9. The van der Waals surface area contributed by atoms with Crippen molar-refractivity contribution in [3.8, 4) is 23.1 Å². The molecule has 32 heavy (non-hydrogen) atoms. The summed E-state index contributed by atoms with van der Waals surface area (Å²) in [5.41, 5.74) is 8.37. The molecule has 7 nitrogen and oxygen atoms in total. The molecule has 0 unspecified atom stereocenters. The van der Waals surface area contributed by atoms with Gasteiger partial charge in [0, 0.05) is 43.0 Å². The Kier molecular flexibility index (Phi) is 5.99. The highest BCUT2D eigenvalue weighted by Crippen LogP contribution is 2.28. The largest absolute Gasteiger partial charge is 0.373 e.